The second-order valence-electron chi connectivity index (χ2n) is 8.70. The zero-order valence-corrected chi connectivity index (χ0v) is 23.2. The van der Waals surface area contributed by atoms with E-state index in [0.29, 0.717) is 0 Å². The summed E-state index contributed by atoms with van der Waals surface area (Å²) in [6.07, 6.45) is 31.8. The first-order valence-corrected chi connectivity index (χ1v) is 14.2. The molecule has 0 aromatic rings. The van der Waals surface area contributed by atoms with Gasteiger partial charge in [0, 0.05) is 0 Å². The van der Waals surface area contributed by atoms with Crippen molar-refractivity contribution in [3.8, 4) is 0 Å². The molecule has 0 aliphatic heterocycles. The van der Waals surface area contributed by atoms with Crippen molar-refractivity contribution in [2.45, 2.75) is 142 Å². The van der Waals surface area contributed by atoms with E-state index in [1.165, 1.54) is 128 Å². The molecule has 0 rings (SSSR count). The van der Waals surface area contributed by atoms with Gasteiger partial charge in [0.15, 0.2) is 0 Å². The van der Waals surface area contributed by atoms with E-state index in [0.717, 1.165) is 12.8 Å². The van der Waals surface area contributed by atoms with Crippen molar-refractivity contribution in [3.05, 3.63) is 12.2 Å². The molecule has 0 saturated carbocycles. The Hall–Kier alpha value is 0.650. The maximum atomic E-state index is 10.4. The van der Waals surface area contributed by atoms with Crippen LogP contribution in [-0.2, 0) is 10.1 Å². The zero-order chi connectivity index (χ0) is 21.5. The zero-order valence-electron chi connectivity index (χ0n) is 20.3. The maximum Gasteiger partial charge on any atom is 1.00 e. The number of rotatable bonds is 23. The Morgan fingerprint density at radius 3 is 1.13 bits per heavy atom. The van der Waals surface area contributed by atoms with Gasteiger partial charge in [-0.3, -0.25) is 0 Å². The molecule has 0 heterocycles. The van der Waals surface area contributed by atoms with Crippen LogP contribution in [0.15, 0.2) is 12.2 Å². The summed E-state index contributed by atoms with van der Waals surface area (Å²) in [5.74, 6) is -0.369. The van der Waals surface area contributed by atoms with Crippen molar-refractivity contribution in [1.29, 1.82) is 0 Å². The third-order valence-corrected chi connectivity index (χ3v) is 6.29. The van der Waals surface area contributed by atoms with Gasteiger partial charge in [-0.05, 0) is 12.8 Å². The van der Waals surface area contributed by atoms with Crippen LogP contribution in [0.25, 0.3) is 0 Å². The second kappa shape index (κ2) is 25.9. The molecule has 0 unspecified atom stereocenters. The Bertz CT molecular complexity index is 449. The number of unbranched alkanes of at least 4 members (excludes halogenated alkanes) is 20. The molecule has 0 aliphatic rings. The van der Waals surface area contributed by atoms with E-state index < -0.39 is 10.1 Å². The van der Waals surface area contributed by atoms with Crippen LogP contribution >= 0.6 is 0 Å². The molecule has 3 nitrogen and oxygen atoms in total. The monoisotopic (exact) mass is 452 g/mol. The van der Waals surface area contributed by atoms with Gasteiger partial charge >= 0.3 is 29.6 Å². The van der Waals surface area contributed by atoms with Crippen molar-refractivity contribution in [1.82, 2.24) is 0 Å². The minimum Gasteiger partial charge on any atom is -0.748 e. The van der Waals surface area contributed by atoms with Gasteiger partial charge in [-0.1, -0.05) is 141 Å². The van der Waals surface area contributed by atoms with E-state index in [1.54, 1.807) is 0 Å². The molecule has 0 aromatic heterocycles. The molecule has 0 spiro atoms. The van der Waals surface area contributed by atoms with Crippen molar-refractivity contribution < 1.29 is 42.5 Å². The average molecular weight is 453 g/mol. The van der Waals surface area contributed by atoms with Gasteiger partial charge in [-0.15, -0.1) is 0 Å². The van der Waals surface area contributed by atoms with Crippen molar-refractivity contribution in [3.63, 3.8) is 0 Å². The standard InChI is InChI=1S/C25H50O3S.Na/c1-2-3-4-5-6-7-8-9-10-11-12-13-14-15-16-17-18-19-20-21-22-23-24-25-29(26,27)28;/h23-24H,2-22,25H2,1H3,(H,26,27,28);/q;+1/p-1/b24-23+;. The molecule has 0 aliphatic carbocycles. The van der Waals surface area contributed by atoms with E-state index in [9.17, 15) is 13.0 Å². The Morgan fingerprint density at radius 2 is 0.833 bits per heavy atom. The summed E-state index contributed by atoms with van der Waals surface area (Å²) in [5.41, 5.74) is 0. The Balaban J connectivity index is 0. The van der Waals surface area contributed by atoms with Crippen LogP contribution in [-0.4, -0.2) is 18.7 Å². The Kier molecular flexibility index (Phi) is 28.3. The molecule has 30 heavy (non-hydrogen) atoms. The molecular weight excluding hydrogens is 403 g/mol. The summed E-state index contributed by atoms with van der Waals surface area (Å²) in [6, 6.07) is 0. The Labute approximate surface area is 211 Å². The molecule has 0 bridgehead atoms. The Morgan fingerprint density at radius 1 is 0.533 bits per heavy atom. The number of hydrogen-bond acceptors (Lipinski definition) is 3. The summed E-state index contributed by atoms with van der Waals surface area (Å²) in [4.78, 5) is 0. The summed E-state index contributed by atoms with van der Waals surface area (Å²) in [7, 11) is -4.09. The summed E-state index contributed by atoms with van der Waals surface area (Å²) < 4.78 is 31.3. The summed E-state index contributed by atoms with van der Waals surface area (Å²) in [5, 5.41) is 0. The molecule has 0 aromatic carbocycles. The third-order valence-electron chi connectivity index (χ3n) is 5.69. The fraction of sp³-hybridized carbons (Fsp3) is 0.920. The van der Waals surface area contributed by atoms with Crippen LogP contribution < -0.4 is 29.6 Å². The van der Waals surface area contributed by atoms with Gasteiger partial charge in [0.25, 0.3) is 0 Å². The van der Waals surface area contributed by atoms with Gasteiger partial charge in [-0.25, -0.2) is 8.42 Å². The van der Waals surface area contributed by atoms with Crippen LogP contribution in [0, 0.1) is 0 Å². The van der Waals surface area contributed by atoms with E-state index in [-0.39, 0.29) is 35.3 Å². The third kappa shape index (κ3) is 30.8. The van der Waals surface area contributed by atoms with Crippen molar-refractivity contribution in [2.24, 2.45) is 0 Å². The van der Waals surface area contributed by atoms with Crippen LogP contribution in [0.2, 0.25) is 0 Å². The maximum absolute atomic E-state index is 10.4. The number of allylic oxidation sites excluding steroid dienone is 1. The van der Waals surface area contributed by atoms with Gasteiger partial charge in [0.1, 0.15) is 0 Å². The van der Waals surface area contributed by atoms with Crippen molar-refractivity contribution >= 4 is 10.1 Å². The fourth-order valence-corrected chi connectivity index (χ4v) is 4.19. The van der Waals surface area contributed by atoms with Gasteiger partial charge in [0.2, 0.25) is 0 Å². The van der Waals surface area contributed by atoms with E-state index in [1.807, 2.05) is 6.08 Å². The molecule has 0 amide bonds. The first-order chi connectivity index (χ1) is 14.1. The first-order valence-electron chi connectivity index (χ1n) is 12.6. The quantitative estimate of drug-likeness (QED) is 0.0914. The molecule has 174 valence electrons. The van der Waals surface area contributed by atoms with Crippen LogP contribution in [0.1, 0.15) is 142 Å². The molecule has 0 fully saturated rings. The van der Waals surface area contributed by atoms with Crippen molar-refractivity contribution in [2.75, 3.05) is 5.75 Å². The van der Waals surface area contributed by atoms with E-state index >= 15 is 0 Å². The SMILES string of the molecule is CCCCCCCCCCCCCCCCCCCCCC/C=C/CS(=O)(=O)[O-].[Na+]. The topological polar surface area (TPSA) is 57.2 Å². The summed E-state index contributed by atoms with van der Waals surface area (Å²) >= 11 is 0. The van der Waals surface area contributed by atoms with Crippen LogP contribution in [0.3, 0.4) is 0 Å². The normalized spacial score (nSPS) is 11.8. The molecule has 0 atom stereocenters. The van der Waals surface area contributed by atoms with E-state index in [4.69, 9.17) is 0 Å². The predicted octanol–water partition coefficient (Wildman–Crippen LogP) is 5.30. The molecule has 0 saturated heterocycles. The van der Waals surface area contributed by atoms with Gasteiger partial charge < -0.3 is 4.55 Å². The second-order valence-corrected chi connectivity index (χ2v) is 10.2. The smallest absolute Gasteiger partial charge is 0.748 e. The molecular formula is C25H49NaO3S. The minimum absolute atomic E-state index is 0. The summed E-state index contributed by atoms with van der Waals surface area (Å²) in [6.45, 7) is 2.28. The molecule has 0 N–H and O–H groups in total. The van der Waals surface area contributed by atoms with Gasteiger partial charge in [-0.2, -0.15) is 0 Å². The largest absolute Gasteiger partial charge is 1.00 e. The fourth-order valence-electron chi connectivity index (χ4n) is 3.82. The van der Waals surface area contributed by atoms with Crippen LogP contribution in [0.4, 0.5) is 0 Å². The van der Waals surface area contributed by atoms with E-state index in [2.05, 4.69) is 6.92 Å². The minimum atomic E-state index is -4.09. The predicted molar refractivity (Wildman–Crippen MR) is 126 cm³/mol. The average Bonchev–Trinajstić information content (AvgIpc) is 2.67. The van der Waals surface area contributed by atoms with Gasteiger partial charge in [0.05, 0.1) is 15.9 Å². The molecule has 0 radical (unpaired) electrons. The number of hydrogen-bond donors (Lipinski definition) is 0. The molecule has 5 heteroatoms. The van der Waals surface area contributed by atoms with Crippen LogP contribution in [0.5, 0.6) is 0 Å². The first kappa shape index (κ1) is 32.8.